The van der Waals surface area contributed by atoms with Crippen molar-refractivity contribution in [2.24, 2.45) is 0 Å². The summed E-state index contributed by atoms with van der Waals surface area (Å²) in [6, 6.07) is 7.73. The topological polar surface area (TPSA) is 76.6 Å². The van der Waals surface area contributed by atoms with Gasteiger partial charge in [-0.05, 0) is 37.8 Å². The van der Waals surface area contributed by atoms with E-state index < -0.39 is 0 Å². The molecule has 1 saturated heterocycles. The second-order valence-electron chi connectivity index (χ2n) is 7.75. The second kappa shape index (κ2) is 8.47. The molecule has 0 atom stereocenters. The van der Waals surface area contributed by atoms with Crippen molar-refractivity contribution in [1.82, 2.24) is 20.2 Å². The molecule has 1 aromatic carbocycles. The van der Waals surface area contributed by atoms with Gasteiger partial charge in [-0.25, -0.2) is 9.97 Å². The molecule has 0 bridgehead atoms. The summed E-state index contributed by atoms with van der Waals surface area (Å²) in [5.41, 5.74) is 2.90. The lowest BCUT2D eigenvalue weighted by atomic mass is 9.83. The van der Waals surface area contributed by atoms with Crippen LogP contribution >= 0.6 is 0 Å². The molecule has 0 radical (unpaired) electrons. The van der Waals surface area contributed by atoms with E-state index in [2.05, 4.69) is 15.2 Å². The molecule has 2 aromatic rings. The van der Waals surface area contributed by atoms with Crippen LogP contribution in [0.3, 0.4) is 0 Å². The number of piperidine rings is 1. The number of hydrogen-bond acceptors (Lipinski definition) is 6. The second-order valence-corrected chi connectivity index (χ2v) is 7.75. The molecule has 1 fully saturated rings. The highest BCUT2D eigenvalue weighted by Crippen LogP contribution is 2.40. The third-order valence-corrected chi connectivity index (χ3v) is 5.87. The number of nitrogens with zero attached hydrogens (tertiary/aromatic N) is 3. The Kier molecular flexibility index (Phi) is 5.78. The zero-order chi connectivity index (χ0) is 20.3. The predicted octanol–water partition coefficient (Wildman–Crippen LogP) is 1.97. The predicted molar refractivity (Wildman–Crippen MR) is 109 cm³/mol. The number of aryl methyl sites for hydroxylation is 1. The number of fused-ring (bicyclic) bond motifs is 2. The Morgan fingerprint density at radius 3 is 2.90 bits per heavy atom. The van der Waals surface area contributed by atoms with E-state index in [1.54, 1.807) is 7.11 Å². The fourth-order valence-corrected chi connectivity index (χ4v) is 4.25. The van der Waals surface area contributed by atoms with Crippen molar-refractivity contribution in [3.63, 3.8) is 0 Å². The number of amides is 1. The van der Waals surface area contributed by atoms with Gasteiger partial charge in [-0.1, -0.05) is 18.2 Å². The normalized spacial score (nSPS) is 18.3. The first-order valence-corrected chi connectivity index (χ1v) is 10.2. The van der Waals surface area contributed by atoms with E-state index in [4.69, 9.17) is 14.5 Å². The van der Waals surface area contributed by atoms with Crippen molar-refractivity contribution in [1.29, 1.82) is 0 Å². The van der Waals surface area contributed by atoms with Crippen LogP contribution in [0.15, 0.2) is 30.5 Å². The zero-order valence-corrected chi connectivity index (χ0v) is 17.1. The van der Waals surface area contributed by atoms with Gasteiger partial charge in [-0.2, -0.15) is 0 Å². The van der Waals surface area contributed by atoms with Gasteiger partial charge in [0, 0.05) is 31.4 Å². The molecular weight excluding hydrogens is 368 g/mol. The van der Waals surface area contributed by atoms with Crippen molar-refractivity contribution in [3.8, 4) is 5.75 Å². The van der Waals surface area contributed by atoms with Crippen molar-refractivity contribution >= 4 is 5.91 Å². The third kappa shape index (κ3) is 4.26. The molecule has 1 N–H and O–H groups in total. The number of benzene rings is 1. The quantitative estimate of drug-likeness (QED) is 0.833. The summed E-state index contributed by atoms with van der Waals surface area (Å²) in [7, 11) is 1.64. The summed E-state index contributed by atoms with van der Waals surface area (Å²) in [5, 5.41) is 3.00. The van der Waals surface area contributed by atoms with Crippen LogP contribution in [0, 0.1) is 6.92 Å². The largest absolute Gasteiger partial charge is 0.496 e. The Labute approximate surface area is 171 Å². The molecule has 7 heteroatoms. The van der Waals surface area contributed by atoms with Crippen LogP contribution in [0.1, 0.15) is 35.5 Å². The summed E-state index contributed by atoms with van der Waals surface area (Å²) in [6.07, 6.45) is 4.50. The molecule has 1 aromatic heterocycles. The number of carbonyl (C=O) groups excluding carboxylic acids is 1. The van der Waals surface area contributed by atoms with Gasteiger partial charge in [0.05, 0.1) is 26.0 Å². The van der Waals surface area contributed by atoms with Gasteiger partial charge < -0.3 is 14.8 Å². The Bertz CT molecular complexity index is 878. The standard InChI is InChI=1S/C22H28N4O3/c1-16-23-14-18-7-12-29-22(21(18)25-16)8-10-26(11-9-22)15-20(27)24-13-17-5-3-4-6-19(17)28-2/h3-6,14H,7-13,15H2,1-2H3,(H,24,27). The molecule has 2 aliphatic heterocycles. The van der Waals surface area contributed by atoms with Gasteiger partial charge in [0.1, 0.15) is 17.2 Å². The van der Waals surface area contributed by atoms with Gasteiger partial charge >= 0.3 is 0 Å². The highest BCUT2D eigenvalue weighted by Gasteiger charge is 2.42. The van der Waals surface area contributed by atoms with E-state index in [0.29, 0.717) is 19.7 Å². The van der Waals surface area contributed by atoms with Crippen LogP contribution in [0.2, 0.25) is 0 Å². The number of para-hydroxylation sites is 1. The van der Waals surface area contributed by atoms with Gasteiger partial charge in [0.2, 0.25) is 5.91 Å². The molecule has 0 unspecified atom stereocenters. The number of rotatable bonds is 5. The number of methoxy groups -OCH3 is 1. The highest BCUT2D eigenvalue weighted by molar-refractivity contribution is 5.78. The molecule has 2 aliphatic rings. The number of carbonyl (C=O) groups is 1. The Balaban J connectivity index is 1.33. The molecule has 154 valence electrons. The van der Waals surface area contributed by atoms with Crippen molar-refractivity contribution < 1.29 is 14.3 Å². The van der Waals surface area contributed by atoms with Gasteiger partial charge in [-0.3, -0.25) is 9.69 Å². The monoisotopic (exact) mass is 396 g/mol. The SMILES string of the molecule is COc1ccccc1CNC(=O)CN1CCC2(CC1)OCCc1cnc(C)nc12. The average molecular weight is 396 g/mol. The maximum Gasteiger partial charge on any atom is 0.234 e. The van der Waals surface area contributed by atoms with Crippen molar-refractivity contribution in [2.75, 3.05) is 33.4 Å². The molecule has 3 heterocycles. The minimum atomic E-state index is -0.328. The molecular formula is C22H28N4O3. The molecule has 1 amide bonds. The minimum Gasteiger partial charge on any atom is -0.496 e. The van der Waals surface area contributed by atoms with E-state index in [0.717, 1.165) is 55.2 Å². The number of ether oxygens (including phenoxy) is 2. The van der Waals surface area contributed by atoms with Crippen LogP contribution in [-0.2, 0) is 28.1 Å². The van der Waals surface area contributed by atoms with Crippen molar-refractivity contribution in [3.05, 3.63) is 53.1 Å². The molecule has 0 aliphatic carbocycles. The first-order chi connectivity index (χ1) is 14.1. The Morgan fingerprint density at radius 1 is 1.31 bits per heavy atom. The van der Waals surface area contributed by atoms with Crippen LogP contribution < -0.4 is 10.1 Å². The summed E-state index contributed by atoms with van der Waals surface area (Å²) in [4.78, 5) is 23.7. The molecule has 0 saturated carbocycles. The van der Waals surface area contributed by atoms with Crippen molar-refractivity contribution in [2.45, 2.75) is 38.3 Å². The maximum absolute atomic E-state index is 12.4. The fourth-order valence-electron chi connectivity index (χ4n) is 4.25. The maximum atomic E-state index is 12.4. The Hall–Kier alpha value is -2.51. The van der Waals surface area contributed by atoms with E-state index in [9.17, 15) is 4.79 Å². The van der Waals surface area contributed by atoms with Crippen LogP contribution in [0.5, 0.6) is 5.75 Å². The minimum absolute atomic E-state index is 0.0231. The summed E-state index contributed by atoms with van der Waals surface area (Å²) in [6.45, 7) is 5.10. The molecule has 4 rings (SSSR count). The molecule has 7 nitrogen and oxygen atoms in total. The summed E-state index contributed by atoms with van der Waals surface area (Å²) in [5.74, 6) is 1.60. The third-order valence-electron chi connectivity index (χ3n) is 5.87. The highest BCUT2D eigenvalue weighted by atomic mass is 16.5. The van der Waals surface area contributed by atoms with Crippen LogP contribution in [-0.4, -0.2) is 54.1 Å². The smallest absolute Gasteiger partial charge is 0.234 e. The molecule has 1 spiro atoms. The first-order valence-electron chi connectivity index (χ1n) is 10.2. The number of aromatic nitrogens is 2. The van der Waals surface area contributed by atoms with E-state index in [-0.39, 0.29) is 11.5 Å². The lowest BCUT2D eigenvalue weighted by Gasteiger charge is -2.43. The van der Waals surface area contributed by atoms with Gasteiger partial charge in [0.25, 0.3) is 0 Å². The number of hydrogen-bond donors (Lipinski definition) is 1. The van der Waals surface area contributed by atoms with E-state index in [1.165, 1.54) is 5.56 Å². The van der Waals surface area contributed by atoms with Gasteiger partial charge in [0.15, 0.2) is 0 Å². The number of likely N-dealkylation sites (tertiary alicyclic amines) is 1. The Morgan fingerprint density at radius 2 is 2.10 bits per heavy atom. The first kappa shape index (κ1) is 19.8. The lowest BCUT2D eigenvalue weighted by molar-refractivity contribution is -0.126. The van der Waals surface area contributed by atoms with E-state index in [1.807, 2.05) is 37.4 Å². The van der Waals surface area contributed by atoms with Crippen LogP contribution in [0.4, 0.5) is 0 Å². The average Bonchev–Trinajstić information content (AvgIpc) is 2.75. The summed E-state index contributed by atoms with van der Waals surface area (Å²) < 4.78 is 11.6. The lowest BCUT2D eigenvalue weighted by Crippen LogP contribution is -2.49. The molecule has 29 heavy (non-hydrogen) atoms. The number of nitrogens with one attached hydrogen (secondary N) is 1. The van der Waals surface area contributed by atoms with E-state index >= 15 is 0 Å². The van der Waals surface area contributed by atoms with Crippen LogP contribution in [0.25, 0.3) is 0 Å². The zero-order valence-electron chi connectivity index (χ0n) is 17.1. The van der Waals surface area contributed by atoms with Gasteiger partial charge in [-0.15, -0.1) is 0 Å². The fraction of sp³-hybridized carbons (Fsp3) is 0.500. The summed E-state index contributed by atoms with van der Waals surface area (Å²) >= 11 is 0.